The predicted octanol–water partition coefficient (Wildman–Crippen LogP) is 1.58. The lowest BCUT2D eigenvalue weighted by Gasteiger charge is -2.36. The molecule has 138 valence electrons. The molecule has 0 radical (unpaired) electrons. The van der Waals surface area contributed by atoms with Crippen molar-refractivity contribution in [1.82, 2.24) is 14.9 Å². The van der Waals surface area contributed by atoms with Crippen LogP contribution in [0.2, 0.25) is 0 Å². The maximum atomic E-state index is 12.0. The number of Topliss-reactive ketones (excluding diaryl/α,β-unsaturated/α-hetero) is 1. The van der Waals surface area contributed by atoms with Crippen molar-refractivity contribution < 1.29 is 9.59 Å². The summed E-state index contributed by atoms with van der Waals surface area (Å²) in [5.74, 6) is 0.299. The van der Waals surface area contributed by atoms with E-state index in [2.05, 4.69) is 31.9 Å². The molecule has 0 spiro atoms. The molecule has 0 N–H and O–H groups in total. The lowest BCUT2D eigenvalue weighted by molar-refractivity contribution is -0.126. The number of ketones is 1. The highest BCUT2D eigenvalue weighted by Crippen LogP contribution is 2.21. The Morgan fingerprint density at radius 2 is 1.67 bits per heavy atom. The standard InChI is InChI=1S/C20H21N5O2/c1-23-17(18(26)14-19(23)27)13-15-7-8-21-20(22-15)25-11-9-24(10-12-25)16-5-3-2-4-6-16/h2-8,13H,9-12,14H2,1H3/b17-13-. The van der Waals surface area contributed by atoms with E-state index in [1.54, 1.807) is 25.4 Å². The van der Waals surface area contributed by atoms with Gasteiger partial charge in [0.2, 0.25) is 11.9 Å². The van der Waals surface area contributed by atoms with Crippen LogP contribution in [0.4, 0.5) is 11.6 Å². The van der Waals surface area contributed by atoms with Crippen molar-refractivity contribution in [2.45, 2.75) is 6.42 Å². The van der Waals surface area contributed by atoms with Crippen LogP contribution in [0.25, 0.3) is 6.08 Å². The summed E-state index contributed by atoms with van der Waals surface area (Å²) in [7, 11) is 1.62. The number of piperazine rings is 1. The highest BCUT2D eigenvalue weighted by molar-refractivity contribution is 6.16. The first-order chi connectivity index (χ1) is 13.1. The predicted molar refractivity (Wildman–Crippen MR) is 103 cm³/mol. The number of anilines is 2. The summed E-state index contributed by atoms with van der Waals surface area (Å²) in [5, 5.41) is 0. The normalized spacial score (nSPS) is 19.3. The molecule has 0 aliphatic carbocycles. The van der Waals surface area contributed by atoms with Gasteiger partial charge in [0.1, 0.15) is 0 Å². The first-order valence-corrected chi connectivity index (χ1v) is 9.01. The van der Waals surface area contributed by atoms with E-state index in [9.17, 15) is 9.59 Å². The fraction of sp³-hybridized carbons (Fsp3) is 0.300. The Bertz CT molecular complexity index is 888. The van der Waals surface area contributed by atoms with Crippen molar-refractivity contribution in [2.75, 3.05) is 43.0 Å². The summed E-state index contributed by atoms with van der Waals surface area (Å²) in [6.45, 7) is 3.45. The Hall–Kier alpha value is -3.22. The average Bonchev–Trinajstić information content (AvgIpc) is 2.95. The lowest BCUT2D eigenvalue weighted by Crippen LogP contribution is -2.47. The third kappa shape index (κ3) is 3.53. The number of para-hydroxylation sites is 1. The highest BCUT2D eigenvalue weighted by Gasteiger charge is 2.30. The first-order valence-electron chi connectivity index (χ1n) is 9.01. The van der Waals surface area contributed by atoms with E-state index < -0.39 is 0 Å². The molecule has 3 heterocycles. The van der Waals surface area contributed by atoms with Crippen molar-refractivity contribution in [3.8, 4) is 0 Å². The van der Waals surface area contributed by atoms with E-state index in [1.807, 2.05) is 18.2 Å². The van der Waals surface area contributed by atoms with Crippen LogP contribution in [0.15, 0.2) is 48.3 Å². The minimum atomic E-state index is -0.183. The number of hydrogen-bond acceptors (Lipinski definition) is 6. The molecule has 1 aromatic heterocycles. The molecule has 0 bridgehead atoms. The summed E-state index contributed by atoms with van der Waals surface area (Å²) >= 11 is 0. The van der Waals surface area contributed by atoms with Gasteiger partial charge in [-0.05, 0) is 24.3 Å². The van der Waals surface area contributed by atoms with E-state index in [1.165, 1.54) is 10.6 Å². The molecule has 2 aliphatic heterocycles. The van der Waals surface area contributed by atoms with Gasteiger partial charge in [-0.15, -0.1) is 0 Å². The molecule has 7 nitrogen and oxygen atoms in total. The van der Waals surface area contributed by atoms with Gasteiger partial charge in [0.05, 0.1) is 17.8 Å². The van der Waals surface area contributed by atoms with Crippen LogP contribution in [0, 0.1) is 0 Å². The van der Waals surface area contributed by atoms with E-state index >= 15 is 0 Å². The smallest absolute Gasteiger partial charge is 0.234 e. The molecule has 27 heavy (non-hydrogen) atoms. The monoisotopic (exact) mass is 363 g/mol. The van der Waals surface area contributed by atoms with E-state index in [4.69, 9.17) is 0 Å². The molecule has 2 aliphatic rings. The van der Waals surface area contributed by atoms with Gasteiger partial charge < -0.3 is 14.7 Å². The van der Waals surface area contributed by atoms with Crippen LogP contribution in [-0.2, 0) is 9.59 Å². The number of carbonyl (C=O) groups is 2. The number of hydrogen-bond donors (Lipinski definition) is 0. The van der Waals surface area contributed by atoms with Crippen LogP contribution in [0.5, 0.6) is 0 Å². The molecule has 4 rings (SSSR count). The zero-order chi connectivity index (χ0) is 18.8. The van der Waals surface area contributed by atoms with Gasteiger partial charge in [0, 0.05) is 45.1 Å². The summed E-state index contributed by atoms with van der Waals surface area (Å²) in [4.78, 5) is 38.5. The Balaban J connectivity index is 1.48. The van der Waals surface area contributed by atoms with Gasteiger partial charge >= 0.3 is 0 Å². The van der Waals surface area contributed by atoms with Gasteiger partial charge in [-0.1, -0.05) is 18.2 Å². The zero-order valence-corrected chi connectivity index (χ0v) is 15.2. The maximum Gasteiger partial charge on any atom is 0.234 e. The number of nitrogens with zero attached hydrogens (tertiary/aromatic N) is 5. The Kier molecular flexibility index (Phi) is 4.58. The fourth-order valence-corrected chi connectivity index (χ4v) is 3.38. The number of amides is 1. The SMILES string of the molecule is CN1C(=O)CC(=O)/C1=C/c1ccnc(N2CCN(c3ccccc3)CC2)n1. The number of allylic oxidation sites excluding steroid dienone is 1. The summed E-state index contributed by atoms with van der Waals surface area (Å²) in [5.41, 5.74) is 2.25. The molecule has 2 aromatic rings. The van der Waals surface area contributed by atoms with Gasteiger partial charge in [-0.25, -0.2) is 9.97 Å². The Morgan fingerprint density at radius 1 is 0.963 bits per heavy atom. The Morgan fingerprint density at radius 3 is 2.33 bits per heavy atom. The highest BCUT2D eigenvalue weighted by atomic mass is 16.2. The van der Waals surface area contributed by atoms with E-state index in [0.29, 0.717) is 17.3 Å². The molecule has 1 aromatic carbocycles. The largest absolute Gasteiger partial charge is 0.368 e. The van der Waals surface area contributed by atoms with Crippen LogP contribution in [0.1, 0.15) is 12.1 Å². The lowest BCUT2D eigenvalue weighted by atomic mass is 10.2. The third-order valence-electron chi connectivity index (χ3n) is 4.97. The number of likely N-dealkylation sites (N-methyl/N-ethyl adjacent to an activating group) is 1. The molecular formula is C20H21N5O2. The molecular weight excluding hydrogens is 342 g/mol. The van der Waals surface area contributed by atoms with E-state index in [0.717, 1.165) is 26.2 Å². The molecule has 1 amide bonds. The Labute approximate surface area is 157 Å². The fourth-order valence-electron chi connectivity index (χ4n) is 3.38. The molecule has 7 heteroatoms. The molecule has 0 atom stereocenters. The average molecular weight is 363 g/mol. The third-order valence-corrected chi connectivity index (χ3v) is 4.97. The number of likely N-dealkylation sites (tertiary alicyclic amines) is 1. The van der Waals surface area contributed by atoms with Crippen LogP contribution < -0.4 is 9.80 Å². The minimum absolute atomic E-state index is 0.0677. The van der Waals surface area contributed by atoms with E-state index in [-0.39, 0.29) is 18.1 Å². The second-order valence-electron chi connectivity index (χ2n) is 6.67. The number of aromatic nitrogens is 2. The van der Waals surface area contributed by atoms with Crippen LogP contribution in [-0.4, -0.2) is 59.8 Å². The topological polar surface area (TPSA) is 69.6 Å². The quantitative estimate of drug-likeness (QED) is 0.609. The van der Waals surface area contributed by atoms with Crippen molar-refractivity contribution in [1.29, 1.82) is 0 Å². The summed E-state index contributed by atoms with van der Waals surface area (Å²) < 4.78 is 0. The van der Waals surface area contributed by atoms with Gasteiger partial charge in [0.15, 0.2) is 5.78 Å². The van der Waals surface area contributed by atoms with Gasteiger partial charge in [-0.2, -0.15) is 0 Å². The number of rotatable bonds is 3. The van der Waals surface area contributed by atoms with Gasteiger partial charge in [0.25, 0.3) is 0 Å². The second-order valence-corrected chi connectivity index (χ2v) is 6.67. The molecule has 0 saturated carbocycles. The van der Waals surface area contributed by atoms with Crippen molar-refractivity contribution in [2.24, 2.45) is 0 Å². The number of benzene rings is 1. The minimum Gasteiger partial charge on any atom is -0.368 e. The van der Waals surface area contributed by atoms with Crippen LogP contribution in [0.3, 0.4) is 0 Å². The summed E-state index contributed by atoms with van der Waals surface area (Å²) in [6, 6.07) is 12.1. The van der Waals surface area contributed by atoms with Crippen molar-refractivity contribution in [3.05, 3.63) is 54.0 Å². The number of carbonyl (C=O) groups excluding carboxylic acids is 2. The summed E-state index contributed by atoms with van der Waals surface area (Å²) in [6.07, 6.45) is 3.29. The van der Waals surface area contributed by atoms with Gasteiger partial charge in [-0.3, -0.25) is 9.59 Å². The second kappa shape index (κ2) is 7.19. The molecule has 2 fully saturated rings. The molecule has 0 unspecified atom stereocenters. The van der Waals surface area contributed by atoms with Crippen molar-refractivity contribution in [3.63, 3.8) is 0 Å². The van der Waals surface area contributed by atoms with Crippen LogP contribution >= 0.6 is 0 Å². The first kappa shape index (κ1) is 17.2. The molecule has 2 saturated heterocycles. The maximum absolute atomic E-state index is 12.0. The zero-order valence-electron chi connectivity index (χ0n) is 15.2. The van der Waals surface area contributed by atoms with Crippen molar-refractivity contribution >= 4 is 29.4 Å².